The molecule has 0 spiro atoms. The van der Waals surface area contributed by atoms with Gasteiger partial charge in [-0.25, -0.2) is 21.2 Å². The molecule has 2 saturated heterocycles. The van der Waals surface area contributed by atoms with E-state index in [-0.39, 0.29) is 40.5 Å². The van der Waals surface area contributed by atoms with Gasteiger partial charge in [0.05, 0.1) is 21.9 Å². The minimum Gasteiger partial charge on any atom is -0.299 e. The molecule has 0 aromatic heterocycles. The second-order valence-electron chi connectivity index (χ2n) is 12.1. The Morgan fingerprint density at radius 3 is 1.73 bits per heavy atom. The fourth-order valence-corrected chi connectivity index (χ4v) is 10.1. The molecule has 7 nitrogen and oxygen atoms in total. The zero-order valence-electron chi connectivity index (χ0n) is 25.3. The molecular formula is C35H35FN2O5S2. The highest BCUT2D eigenvalue weighted by Gasteiger charge is 2.54. The number of carbonyl (C=O) groups excluding carboxylic acids is 1. The first kappa shape index (κ1) is 31.3. The van der Waals surface area contributed by atoms with E-state index < -0.39 is 49.9 Å². The Hall–Kier alpha value is -3.70. The summed E-state index contributed by atoms with van der Waals surface area (Å²) in [6, 6.07) is 23.6. The molecule has 0 saturated carbocycles. The third-order valence-corrected chi connectivity index (χ3v) is 12.9. The third-order valence-electron chi connectivity index (χ3n) is 9.05. The highest BCUT2D eigenvalue weighted by atomic mass is 32.2. The number of hydrogen-bond acceptors (Lipinski definition) is 5. The van der Waals surface area contributed by atoms with Crippen molar-refractivity contribution >= 4 is 25.8 Å². The number of carbonyl (C=O) groups is 1. The lowest BCUT2D eigenvalue weighted by Crippen LogP contribution is -2.61. The number of Topliss-reactive ketones (excluding diaryl/α,β-unsaturated/α-hetero) is 1. The fourth-order valence-electron chi connectivity index (χ4n) is 6.59. The standard InChI is InChI=1S/C35H35FN2O5S2/c1-23-8-14-26(15-9-23)32-20-33-30(22-37(32)44(40,41)27-16-10-24(2)11-17-27)35(39)21-34(29-6-4-5-7-31(29)36)38(33)45(42,43)28-18-12-25(3)13-19-28/h4-19,30,32-34H,20-22H2,1-3H3/t30-,32+,33+,34+/m1/s1. The quantitative estimate of drug-likeness (QED) is 0.246. The van der Waals surface area contributed by atoms with Gasteiger partial charge in [-0.15, -0.1) is 0 Å². The first-order valence-corrected chi connectivity index (χ1v) is 17.8. The van der Waals surface area contributed by atoms with Crippen LogP contribution in [0.5, 0.6) is 0 Å². The van der Waals surface area contributed by atoms with Crippen LogP contribution >= 0.6 is 0 Å². The Morgan fingerprint density at radius 2 is 1.18 bits per heavy atom. The van der Waals surface area contributed by atoms with E-state index in [1.165, 1.54) is 38.9 Å². The van der Waals surface area contributed by atoms with E-state index in [2.05, 4.69) is 0 Å². The highest BCUT2D eigenvalue weighted by molar-refractivity contribution is 7.89. The molecule has 2 fully saturated rings. The summed E-state index contributed by atoms with van der Waals surface area (Å²) in [5, 5.41) is 0. The summed E-state index contributed by atoms with van der Waals surface area (Å²) in [7, 11) is -8.35. The number of piperidine rings is 2. The number of nitrogens with zero attached hydrogens (tertiary/aromatic N) is 2. The summed E-state index contributed by atoms with van der Waals surface area (Å²) < 4.78 is 75.5. The topological polar surface area (TPSA) is 91.8 Å². The lowest BCUT2D eigenvalue weighted by molar-refractivity contribution is -0.132. The summed E-state index contributed by atoms with van der Waals surface area (Å²) in [5.74, 6) is -1.85. The summed E-state index contributed by atoms with van der Waals surface area (Å²) >= 11 is 0. The Bertz CT molecular complexity index is 1940. The minimum absolute atomic E-state index is 0.0145. The molecule has 2 aliphatic heterocycles. The number of benzene rings is 4. The van der Waals surface area contributed by atoms with Crippen molar-refractivity contribution in [1.29, 1.82) is 0 Å². The highest BCUT2D eigenvalue weighted by Crippen LogP contribution is 2.48. The molecule has 0 amide bonds. The normalized spacial score (nSPS) is 23.1. The fraction of sp³-hybridized carbons (Fsp3) is 0.286. The first-order valence-electron chi connectivity index (χ1n) is 14.9. The second-order valence-corrected chi connectivity index (χ2v) is 15.8. The van der Waals surface area contributed by atoms with Gasteiger partial charge in [-0.05, 0) is 63.1 Å². The van der Waals surface area contributed by atoms with Crippen molar-refractivity contribution in [2.75, 3.05) is 6.54 Å². The van der Waals surface area contributed by atoms with Crippen molar-refractivity contribution in [3.63, 3.8) is 0 Å². The number of halogens is 1. The number of aryl methyl sites for hydroxylation is 3. The summed E-state index contributed by atoms with van der Waals surface area (Å²) in [6.07, 6.45) is -0.262. The first-order chi connectivity index (χ1) is 21.4. The average Bonchev–Trinajstić information content (AvgIpc) is 3.01. The van der Waals surface area contributed by atoms with Gasteiger partial charge in [0, 0.05) is 30.5 Å². The molecule has 0 unspecified atom stereocenters. The van der Waals surface area contributed by atoms with Crippen LogP contribution in [0.3, 0.4) is 0 Å². The van der Waals surface area contributed by atoms with Crippen LogP contribution in [0, 0.1) is 32.5 Å². The Balaban J connectivity index is 1.52. The van der Waals surface area contributed by atoms with Gasteiger partial charge in [-0.1, -0.05) is 83.4 Å². The van der Waals surface area contributed by atoms with Gasteiger partial charge in [0.15, 0.2) is 0 Å². The largest absolute Gasteiger partial charge is 0.299 e. The van der Waals surface area contributed by atoms with Gasteiger partial charge in [0.2, 0.25) is 20.0 Å². The van der Waals surface area contributed by atoms with Gasteiger partial charge < -0.3 is 0 Å². The molecule has 2 heterocycles. The molecule has 2 aliphatic rings. The smallest absolute Gasteiger partial charge is 0.243 e. The Kier molecular flexibility index (Phi) is 8.28. The predicted molar refractivity (Wildman–Crippen MR) is 170 cm³/mol. The number of fused-ring (bicyclic) bond motifs is 1. The van der Waals surface area contributed by atoms with E-state index in [9.17, 15) is 21.6 Å². The van der Waals surface area contributed by atoms with Crippen LogP contribution in [0.1, 0.15) is 52.7 Å². The molecule has 0 aliphatic carbocycles. The molecule has 4 aromatic carbocycles. The molecule has 4 aromatic rings. The summed E-state index contributed by atoms with van der Waals surface area (Å²) in [5.41, 5.74) is 3.56. The van der Waals surface area contributed by atoms with Crippen molar-refractivity contribution in [3.8, 4) is 0 Å². The Labute approximate surface area is 264 Å². The number of hydrogen-bond donors (Lipinski definition) is 0. The van der Waals surface area contributed by atoms with Gasteiger partial charge in [0.25, 0.3) is 0 Å². The van der Waals surface area contributed by atoms with E-state index in [1.54, 1.807) is 42.5 Å². The van der Waals surface area contributed by atoms with Crippen molar-refractivity contribution < 1.29 is 26.0 Å². The molecule has 234 valence electrons. The zero-order chi connectivity index (χ0) is 32.1. The van der Waals surface area contributed by atoms with E-state index in [0.29, 0.717) is 5.56 Å². The maximum atomic E-state index is 15.3. The second kappa shape index (κ2) is 11.9. The van der Waals surface area contributed by atoms with E-state index >= 15 is 4.39 Å². The molecule has 0 radical (unpaired) electrons. The molecule has 0 bridgehead atoms. The van der Waals surface area contributed by atoms with Gasteiger partial charge in [-0.3, -0.25) is 4.79 Å². The summed E-state index contributed by atoms with van der Waals surface area (Å²) in [6.45, 7) is 5.44. The van der Waals surface area contributed by atoms with Gasteiger partial charge in [0.1, 0.15) is 11.6 Å². The number of sulfonamides is 2. The monoisotopic (exact) mass is 646 g/mol. The van der Waals surface area contributed by atoms with Crippen LogP contribution in [-0.2, 0) is 24.8 Å². The van der Waals surface area contributed by atoms with Crippen molar-refractivity contribution in [2.45, 2.75) is 61.5 Å². The zero-order valence-corrected chi connectivity index (χ0v) is 26.9. The SMILES string of the molecule is Cc1ccc([C@@H]2C[C@H]3[C@@H](CN2S(=O)(=O)c2ccc(C)cc2)C(=O)C[C@@H](c2ccccc2F)N3S(=O)(=O)c2ccc(C)cc2)cc1. The van der Waals surface area contributed by atoms with Crippen LogP contribution in [0.15, 0.2) is 107 Å². The van der Waals surface area contributed by atoms with E-state index in [1.807, 2.05) is 45.0 Å². The summed E-state index contributed by atoms with van der Waals surface area (Å²) in [4.78, 5) is 14.1. The van der Waals surface area contributed by atoms with Crippen molar-refractivity contribution in [2.24, 2.45) is 5.92 Å². The van der Waals surface area contributed by atoms with Crippen molar-refractivity contribution in [3.05, 3.63) is 131 Å². The van der Waals surface area contributed by atoms with Crippen LogP contribution in [-0.4, -0.2) is 43.8 Å². The van der Waals surface area contributed by atoms with Gasteiger partial charge in [-0.2, -0.15) is 8.61 Å². The molecular weight excluding hydrogens is 612 g/mol. The maximum Gasteiger partial charge on any atom is 0.243 e. The molecule has 10 heteroatoms. The predicted octanol–water partition coefficient (Wildman–Crippen LogP) is 6.28. The third kappa shape index (κ3) is 5.76. The lowest BCUT2D eigenvalue weighted by Gasteiger charge is -2.51. The minimum atomic E-state index is -4.26. The molecule has 45 heavy (non-hydrogen) atoms. The van der Waals surface area contributed by atoms with Crippen molar-refractivity contribution in [1.82, 2.24) is 8.61 Å². The molecule has 4 atom stereocenters. The van der Waals surface area contributed by atoms with Crippen LogP contribution in [0.25, 0.3) is 0 Å². The van der Waals surface area contributed by atoms with Crippen LogP contribution in [0.2, 0.25) is 0 Å². The number of ketones is 1. The van der Waals surface area contributed by atoms with Crippen LogP contribution < -0.4 is 0 Å². The van der Waals surface area contributed by atoms with E-state index in [0.717, 1.165) is 16.7 Å². The van der Waals surface area contributed by atoms with Crippen LogP contribution in [0.4, 0.5) is 4.39 Å². The van der Waals surface area contributed by atoms with E-state index in [4.69, 9.17) is 0 Å². The Morgan fingerprint density at radius 1 is 0.667 bits per heavy atom. The molecule has 0 N–H and O–H groups in total. The lowest BCUT2D eigenvalue weighted by atomic mass is 9.77. The number of rotatable bonds is 6. The molecule has 6 rings (SSSR count). The van der Waals surface area contributed by atoms with Gasteiger partial charge >= 0.3 is 0 Å². The average molecular weight is 647 g/mol. The maximum absolute atomic E-state index is 15.3.